The fourth-order valence-electron chi connectivity index (χ4n) is 6.42. The van der Waals surface area contributed by atoms with E-state index in [2.05, 4.69) is 52.2 Å². The fraction of sp³-hybridized carbons (Fsp3) is 0.289. The van der Waals surface area contributed by atoms with Crippen LogP contribution in [0.2, 0.25) is 0 Å². The predicted octanol–water partition coefficient (Wildman–Crippen LogP) is 5.86. The van der Waals surface area contributed by atoms with E-state index in [9.17, 15) is 14.4 Å². The third kappa shape index (κ3) is 6.71. The second-order valence-electron chi connectivity index (χ2n) is 13.1. The van der Waals surface area contributed by atoms with Crippen LogP contribution in [0.5, 0.6) is 0 Å². The molecule has 49 heavy (non-hydrogen) atoms. The Labute approximate surface area is 289 Å². The maximum Gasteiger partial charge on any atom is 0.355 e. The second kappa shape index (κ2) is 13.7. The summed E-state index contributed by atoms with van der Waals surface area (Å²) in [7, 11) is 1.35. The van der Waals surface area contributed by atoms with E-state index in [0.29, 0.717) is 11.6 Å². The zero-order valence-electron chi connectivity index (χ0n) is 28.0. The third-order valence-electron chi connectivity index (χ3n) is 8.49. The summed E-state index contributed by atoms with van der Waals surface area (Å²) in [5.74, 6) is -1.57. The van der Waals surface area contributed by atoms with Crippen LogP contribution in [0.15, 0.2) is 113 Å². The number of hydrogen-bond acceptors (Lipinski definition) is 9. The Morgan fingerprint density at radius 2 is 1.47 bits per heavy atom. The second-order valence-corrected chi connectivity index (χ2v) is 14.0. The topological polar surface area (TPSA) is 122 Å². The van der Waals surface area contributed by atoms with Gasteiger partial charge in [-0.15, -0.1) is 11.3 Å². The fourth-order valence-corrected chi connectivity index (χ4v) is 7.17. The van der Waals surface area contributed by atoms with Crippen molar-refractivity contribution in [2.24, 2.45) is 11.1 Å². The van der Waals surface area contributed by atoms with Crippen molar-refractivity contribution in [3.05, 3.63) is 131 Å². The molecule has 0 radical (unpaired) electrons. The Morgan fingerprint density at radius 3 is 1.98 bits per heavy atom. The van der Waals surface area contributed by atoms with Gasteiger partial charge in [-0.1, -0.05) is 109 Å². The standard InChI is InChI=1S/C38H39N5O5S/c1-24-21-29-32(34(45)43(29)30(22-24)35(46)48-37(2,3)4)40-33(44)31(42-47-5)28-23-49-36(39-28)41-38(25-15-9-6-10-16-25,26-17-11-7-12-18-26)27-19-13-8-14-20-27/h6-20,22-24,29,32H,21H2,1-5H3,(H,39,41)(H,40,44)/t24-,29-,32+/m0/s1. The SMILES string of the molecule is CON=C(C(=O)N[C@H]1C(=O)N2C(C(=O)OC(C)(C)C)=C[C@@H](C)C[C@@H]12)c1csc(NC(c2ccccc2)(c2ccccc2)c2ccccc2)n1. The van der Waals surface area contributed by atoms with Gasteiger partial charge in [0.25, 0.3) is 11.8 Å². The van der Waals surface area contributed by atoms with Crippen molar-refractivity contribution in [3.8, 4) is 0 Å². The first kappa shape index (κ1) is 33.6. The monoisotopic (exact) mass is 677 g/mol. The lowest BCUT2D eigenvalue weighted by Crippen LogP contribution is -2.72. The highest BCUT2D eigenvalue weighted by molar-refractivity contribution is 7.14. The van der Waals surface area contributed by atoms with E-state index >= 15 is 0 Å². The lowest BCUT2D eigenvalue weighted by atomic mass is 9.77. The number of carbonyl (C=O) groups excluding carboxylic acids is 3. The van der Waals surface area contributed by atoms with Crippen molar-refractivity contribution in [2.45, 2.75) is 57.3 Å². The van der Waals surface area contributed by atoms with Gasteiger partial charge >= 0.3 is 5.97 Å². The van der Waals surface area contributed by atoms with E-state index in [0.717, 1.165) is 16.7 Å². The van der Waals surface area contributed by atoms with Gasteiger partial charge in [-0.05, 0) is 49.8 Å². The molecule has 252 valence electrons. The Hall–Kier alpha value is -5.29. The molecule has 3 atom stereocenters. The van der Waals surface area contributed by atoms with Crippen LogP contribution in [0.25, 0.3) is 0 Å². The number of nitrogens with one attached hydrogen (secondary N) is 2. The van der Waals surface area contributed by atoms with Crippen molar-refractivity contribution in [1.29, 1.82) is 0 Å². The van der Waals surface area contributed by atoms with Crippen LogP contribution in [-0.4, -0.2) is 58.2 Å². The molecule has 2 aliphatic heterocycles. The largest absolute Gasteiger partial charge is 0.455 e. The predicted molar refractivity (Wildman–Crippen MR) is 189 cm³/mol. The number of amides is 2. The van der Waals surface area contributed by atoms with Gasteiger partial charge in [-0.25, -0.2) is 9.78 Å². The van der Waals surface area contributed by atoms with Gasteiger partial charge in [0.2, 0.25) is 0 Å². The number of ether oxygens (including phenoxy) is 1. The van der Waals surface area contributed by atoms with Gasteiger partial charge < -0.3 is 20.2 Å². The van der Waals surface area contributed by atoms with Crippen LogP contribution in [0.4, 0.5) is 5.13 Å². The van der Waals surface area contributed by atoms with Crippen LogP contribution in [0.1, 0.15) is 56.5 Å². The molecule has 1 saturated heterocycles. The maximum atomic E-state index is 13.7. The third-order valence-corrected chi connectivity index (χ3v) is 9.25. The molecule has 11 heteroatoms. The lowest BCUT2D eigenvalue weighted by molar-refractivity contribution is -0.162. The minimum Gasteiger partial charge on any atom is -0.455 e. The first-order chi connectivity index (χ1) is 23.5. The van der Waals surface area contributed by atoms with Crippen LogP contribution >= 0.6 is 11.3 Å². The molecule has 2 N–H and O–H groups in total. The lowest BCUT2D eigenvalue weighted by Gasteiger charge is -2.50. The number of oxime groups is 1. The number of hydrogen-bond donors (Lipinski definition) is 2. The van der Waals surface area contributed by atoms with E-state index in [-0.39, 0.29) is 23.0 Å². The summed E-state index contributed by atoms with van der Waals surface area (Å²) in [6, 6.07) is 29.1. The normalized spacial score (nSPS) is 19.2. The molecule has 3 aromatic carbocycles. The number of carbonyl (C=O) groups is 3. The highest BCUT2D eigenvalue weighted by Gasteiger charge is 2.54. The van der Waals surface area contributed by atoms with E-state index < -0.39 is 41.0 Å². The van der Waals surface area contributed by atoms with Crippen LogP contribution in [0.3, 0.4) is 0 Å². The number of aromatic nitrogens is 1. The van der Waals surface area contributed by atoms with Crippen molar-refractivity contribution in [3.63, 3.8) is 0 Å². The molecule has 0 spiro atoms. The molecule has 4 aromatic rings. The number of anilines is 1. The highest BCUT2D eigenvalue weighted by atomic mass is 32.1. The molecule has 1 fully saturated rings. The molecule has 0 bridgehead atoms. The Kier molecular flexibility index (Phi) is 9.38. The summed E-state index contributed by atoms with van der Waals surface area (Å²) < 4.78 is 5.56. The van der Waals surface area contributed by atoms with Gasteiger partial charge in [0.05, 0.1) is 6.04 Å². The molecule has 0 aliphatic carbocycles. The van der Waals surface area contributed by atoms with E-state index in [4.69, 9.17) is 14.6 Å². The zero-order valence-corrected chi connectivity index (χ0v) is 28.9. The average molecular weight is 678 g/mol. The highest BCUT2D eigenvalue weighted by Crippen LogP contribution is 2.41. The van der Waals surface area contributed by atoms with Crippen molar-refractivity contribution in [2.75, 3.05) is 12.4 Å². The molecule has 6 rings (SSSR count). The van der Waals surface area contributed by atoms with Crippen molar-refractivity contribution < 1.29 is 24.0 Å². The average Bonchev–Trinajstić information content (AvgIpc) is 3.56. The summed E-state index contributed by atoms with van der Waals surface area (Å²) in [5.41, 5.74) is 1.88. The number of rotatable bonds is 10. The molecule has 10 nitrogen and oxygen atoms in total. The number of allylic oxidation sites excluding steroid dienone is 1. The zero-order chi connectivity index (χ0) is 34.8. The van der Waals surface area contributed by atoms with Crippen LogP contribution < -0.4 is 10.6 Å². The Morgan fingerprint density at radius 1 is 0.918 bits per heavy atom. The molecule has 1 aromatic heterocycles. The van der Waals surface area contributed by atoms with Crippen molar-refractivity contribution in [1.82, 2.24) is 15.2 Å². The number of fused-ring (bicyclic) bond motifs is 1. The smallest absolute Gasteiger partial charge is 0.355 e. The minimum absolute atomic E-state index is 0.00494. The van der Waals surface area contributed by atoms with E-state index in [1.807, 2.05) is 61.5 Å². The summed E-state index contributed by atoms with van der Waals surface area (Å²) in [4.78, 5) is 51.4. The molecular weight excluding hydrogens is 639 g/mol. The number of esters is 1. The molecular formula is C38H39N5O5S. The molecule has 3 heterocycles. The summed E-state index contributed by atoms with van der Waals surface area (Å²) in [6.45, 7) is 7.29. The molecule has 0 unspecified atom stereocenters. The maximum absolute atomic E-state index is 13.7. The molecule has 0 saturated carbocycles. The Bertz CT molecular complexity index is 1790. The van der Waals surface area contributed by atoms with Gasteiger partial charge in [-0.2, -0.15) is 0 Å². The van der Waals surface area contributed by atoms with E-state index in [1.54, 1.807) is 32.2 Å². The van der Waals surface area contributed by atoms with Crippen molar-refractivity contribution >= 4 is 40.0 Å². The summed E-state index contributed by atoms with van der Waals surface area (Å²) in [6.07, 6.45) is 2.33. The summed E-state index contributed by atoms with van der Waals surface area (Å²) >= 11 is 1.32. The van der Waals surface area contributed by atoms with Gasteiger partial charge in [-0.3, -0.25) is 14.5 Å². The molecule has 2 amide bonds. The number of β-lactam (4-membered cyclic amide) rings is 1. The van der Waals surface area contributed by atoms with Crippen LogP contribution in [-0.2, 0) is 29.5 Å². The van der Waals surface area contributed by atoms with Gasteiger partial charge in [0, 0.05) is 5.38 Å². The first-order valence-electron chi connectivity index (χ1n) is 16.1. The van der Waals surface area contributed by atoms with E-state index in [1.165, 1.54) is 23.3 Å². The molecule has 2 aliphatic rings. The Balaban J connectivity index is 1.27. The number of nitrogens with zero attached hydrogens (tertiary/aromatic N) is 3. The quantitative estimate of drug-likeness (QED) is 0.0709. The van der Waals surface area contributed by atoms with Gasteiger partial charge in [0.15, 0.2) is 10.8 Å². The summed E-state index contributed by atoms with van der Waals surface area (Å²) in [5, 5.41) is 12.8. The number of thiazole rings is 1. The number of benzene rings is 3. The minimum atomic E-state index is -0.846. The van der Waals surface area contributed by atoms with Gasteiger partial charge in [0.1, 0.15) is 35.7 Å². The first-order valence-corrected chi connectivity index (χ1v) is 17.0. The van der Waals surface area contributed by atoms with Crippen LogP contribution in [0, 0.1) is 5.92 Å².